The number of pyridine rings is 1. The summed E-state index contributed by atoms with van der Waals surface area (Å²) in [5.41, 5.74) is 0.934. The Morgan fingerprint density at radius 3 is 2.62 bits per heavy atom. The van der Waals surface area contributed by atoms with Crippen molar-refractivity contribution in [2.45, 2.75) is 70.9 Å². The number of nitrogens with one attached hydrogen (secondary N) is 1. The van der Waals surface area contributed by atoms with E-state index < -0.39 is 5.60 Å². The van der Waals surface area contributed by atoms with E-state index in [1.165, 1.54) is 25.7 Å². The maximum absolute atomic E-state index is 13.2. The van der Waals surface area contributed by atoms with Gasteiger partial charge in [0.2, 0.25) is 0 Å². The molecule has 0 bridgehead atoms. The Morgan fingerprint density at radius 1 is 1.22 bits per heavy atom. The Kier molecular flexibility index (Phi) is 8.91. The van der Waals surface area contributed by atoms with Crippen molar-refractivity contribution in [1.29, 1.82) is 0 Å². The molecule has 1 aromatic heterocycles. The number of ether oxygens (including phenoxy) is 3. The summed E-state index contributed by atoms with van der Waals surface area (Å²) in [6, 6.07) is 3.98. The van der Waals surface area contributed by atoms with Gasteiger partial charge in [-0.3, -0.25) is 9.78 Å². The average molecular weight is 448 g/mol. The van der Waals surface area contributed by atoms with Crippen LogP contribution in [0.3, 0.4) is 0 Å². The molecule has 2 heterocycles. The highest BCUT2D eigenvalue weighted by Crippen LogP contribution is 2.41. The summed E-state index contributed by atoms with van der Waals surface area (Å²) in [5.74, 6) is 1.94. The summed E-state index contributed by atoms with van der Waals surface area (Å²) in [6.45, 7) is 7.98. The van der Waals surface area contributed by atoms with Crippen LogP contribution < -0.4 is 5.32 Å². The molecule has 1 saturated heterocycles. The first-order chi connectivity index (χ1) is 15.4. The molecule has 1 aliphatic heterocycles. The molecule has 0 radical (unpaired) electrons. The van der Waals surface area contributed by atoms with Crippen LogP contribution in [0.1, 0.15) is 58.6 Å². The SMILES string of the molecule is COCO[C@@]1(Cc2cc(NCC3CCC(C)CC3)ccn2)C(=O)N(COC)[C@H]1CC(C)C. The Morgan fingerprint density at radius 2 is 1.97 bits per heavy atom. The predicted octanol–water partition coefficient (Wildman–Crippen LogP) is 4.08. The van der Waals surface area contributed by atoms with E-state index in [1.54, 1.807) is 19.1 Å². The number of hydrogen-bond donors (Lipinski definition) is 1. The van der Waals surface area contributed by atoms with Gasteiger partial charge in [-0.2, -0.15) is 0 Å². The molecule has 1 aromatic rings. The second kappa shape index (κ2) is 11.4. The first-order valence-corrected chi connectivity index (χ1v) is 12.0. The van der Waals surface area contributed by atoms with Gasteiger partial charge in [-0.25, -0.2) is 0 Å². The largest absolute Gasteiger partial charge is 0.385 e. The molecule has 0 spiro atoms. The minimum absolute atomic E-state index is 0.0569. The minimum Gasteiger partial charge on any atom is -0.385 e. The molecular weight excluding hydrogens is 406 g/mol. The molecular formula is C25H41N3O4. The number of likely N-dealkylation sites (tertiary alicyclic amines) is 1. The van der Waals surface area contributed by atoms with E-state index in [0.29, 0.717) is 12.3 Å². The molecule has 1 aliphatic carbocycles. The van der Waals surface area contributed by atoms with Gasteiger partial charge in [0.1, 0.15) is 13.5 Å². The van der Waals surface area contributed by atoms with Crippen molar-refractivity contribution in [3.05, 3.63) is 24.0 Å². The fraction of sp³-hybridized carbons (Fsp3) is 0.760. The van der Waals surface area contributed by atoms with Crippen molar-refractivity contribution in [1.82, 2.24) is 9.88 Å². The number of amides is 1. The molecule has 1 N–H and O–H groups in total. The quantitative estimate of drug-likeness (QED) is 0.384. The Labute approximate surface area is 193 Å². The van der Waals surface area contributed by atoms with Crippen LogP contribution in [-0.4, -0.2) is 61.7 Å². The van der Waals surface area contributed by atoms with Gasteiger partial charge >= 0.3 is 0 Å². The topological polar surface area (TPSA) is 72.9 Å². The van der Waals surface area contributed by atoms with Gasteiger partial charge in [0, 0.05) is 44.8 Å². The number of anilines is 1. The second-order valence-electron chi connectivity index (χ2n) is 10.00. The molecule has 0 unspecified atom stereocenters. The maximum Gasteiger partial charge on any atom is 0.259 e. The molecule has 7 nitrogen and oxygen atoms in total. The number of nitrogens with zero attached hydrogens (tertiary/aromatic N) is 2. The fourth-order valence-electron chi connectivity index (χ4n) is 5.08. The zero-order valence-corrected chi connectivity index (χ0v) is 20.4. The molecule has 180 valence electrons. The molecule has 1 saturated carbocycles. The maximum atomic E-state index is 13.2. The summed E-state index contributed by atoms with van der Waals surface area (Å²) in [4.78, 5) is 19.6. The van der Waals surface area contributed by atoms with E-state index >= 15 is 0 Å². The number of β-lactam (4-membered cyclic amide) rings is 1. The molecule has 2 fully saturated rings. The third-order valence-corrected chi connectivity index (χ3v) is 6.93. The lowest BCUT2D eigenvalue weighted by molar-refractivity contribution is -0.235. The molecule has 2 atom stereocenters. The molecule has 0 aromatic carbocycles. The van der Waals surface area contributed by atoms with E-state index in [2.05, 4.69) is 37.1 Å². The van der Waals surface area contributed by atoms with Crippen molar-refractivity contribution in [2.75, 3.05) is 39.6 Å². The molecule has 7 heteroatoms. The van der Waals surface area contributed by atoms with Crippen molar-refractivity contribution in [3.63, 3.8) is 0 Å². The average Bonchev–Trinajstić information content (AvgIpc) is 2.78. The standard InChI is InChI=1S/C25H41N3O4/c1-18(2)12-23-25(32-17-31-5,24(29)28(23)16-30-4)14-22-13-21(10-11-26-22)27-15-20-8-6-19(3)7-9-20/h10-11,13,18-20,23H,6-9,12,14-17H2,1-5H3,(H,26,27)/t19?,20?,23-,25+/m0/s1. The van der Waals surface area contributed by atoms with Gasteiger partial charge in [-0.1, -0.05) is 33.6 Å². The molecule has 1 amide bonds. The summed E-state index contributed by atoms with van der Waals surface area (Å²) >= 11 is 0. The monoisotopic (exact) mass is 447 g/mol. The third kappa shape index (κ3) is 5.80. The highest BCUT2D eigenvalue weighted by atomic mass is 16.7. The van der Waals surface area contributed by atoms with E-state index in [9.17, 15) is 4.79 Å². The molecule has 2 aliphatic rings. The Hall–Kier alpha value is -1.70. The van der Waals surface area contributed by atoms with Gasteiger partial charge in [0.05, 0.1) is 6.04 Å². The van der Waals surface area contributed by atoms with Crippen LogP contribution in [0.4, 0.5) is 5.69 Å². The van der Waals surface area contributed by atoms with Crippen LogP contribution in [0.15, 0.2) is 18.3 Å². The summed E-state index contributed by atoms with van der Waals surface area (Å²) in [7, 11) is 3.19. The first-order valence-electron chi connectivity index (χ1n) is 12.0. The third-order valence-electron chi connectivity index (χ3n) is 6.93. The highest BCUT2D eigenvalue weighted by molar-refractivity contribution is 5.93. The number of carbonyl (C=O) groups excluding carboxylic acids is 1. The fourth-order valence-corrected chi connectivity index (χ4v) is 5.08. The summed E-state index contributed by atoms with van der Waals surface area (Å²) < 4.78 is 16.6. The van der Waals surface area contributed by atoms with Crippen LogP contribution in [0.2, 0.25) is 0 Å². The highest BCUT2D eigenvalue weighted by Gasteiger charge is 2.61. The lowest BCUT2D eigenvalue weighted by Crippen LogP contribution is -2.76. The van der Waals surface area contributed by atoms with Gasteiger partial charge < -0.3 is 24.4 Å². The number of aromatic nitrogens is 1. The van der Waals surface area contributed by atoms with Crippen LogP contribution in [0.5, 0.6) is 0 Å². The number of hydrogen-bond acceptors (Lipinski definition) is 6. The number of methoxy groups -OCH3 is 2. The van der Waals surface area contributed by atoms with Crippen molar-refractivity contribution >= 4 is 11.6 Å². The summed E-state index contributed by atoms with van der Waals surface area (Å²) in [5, 5.41) is 3.60. The van der Waals surface area contributed by atoms with E-state index in [0.717, 1.165) is 36.2 Å². The van der Waals surface area contributed by atoms with Gasteiger partial charge in [0.25, 0.3) is 5.91 Å². The summed E-state index contributed by atoms with van der Waals surface area (Å²) in [6.07, 6.45) is 8.30. The number of rotatable bonds is 12. The van der Waals surface area contributed by atoms with Crippen molar-refractivity contribution < 1.29 is 19.0 Å². The lowest BCUT2D eigenvalue weighted by Gasteiger charge is -2.55. The second-order valence-corrected chi connectivity index (χ2v) is 10.00. The predicted molar refractivity (Wildman–Crippen MR) is 125 cm³/mol. The van der Waals surface area contributed by atoms with Gasteiger partial charge in [0.15, 0.2) is 5.60 Å². The van der Waals surface area contributed by atoms with Crippen molar-refractivity contribution in [2.24, 2.45) is 17.8 Å². The van der Waals surface area contributed by atoms with Crippen LogP contribution in [0.25, 0.3) is 0 Å². The Bertz CT molecular complexity index is 736. The lowest BCUT2D eigenvalue weighted by atomic mass is 9.75. The van der Waals surface area contributed by atoms with Gasteiger partial charge in [-0.15, -0.1) is 0 Å². The zero-order valence-electron chi connectivity index (χ0n) is 20.4. The Balaban J connectivity index is 1.72. The number of carbonyl (C=O) groups is 1. The van der Waals surface area contributed by atoms with Gasteiger partial charge in [-0.05, 0) is 49.1 Å². The van der Waals surface area contributed by atoms with Crippen LogP contribution in [-0.2, 0) is 25.4 Å². The zero-order chi connectivity index (χ0) is 23.1. The molecule has 3 rings (SSSR count). The normalized spacial score (nSPS) is 28.1. The smallest absolute Gasteiger partial charge is 0.259 e. The van der Waals surface area contributed by atoms with Crippen LogP contribution in [0, 0.1) is 17.8 Å². The van der Waals surface area contributed by atoms with E-state index in [1.807, 2.05) is 12.3 Å². The molecule has 32 heavy (non-hydrogen) atoms. The van der Waals surface area contributed by atoms with E-state index in [4.69, 9.17) is 14.2 Å². The minimum atomic E-state index is -0.968. The van der Waals surface area contributed by atoms with E-state index in [-0.39, 0.29) is 25.5 Å². The van der Waals surface area contributed by atoms with Crippen LogP contribution >= 0.6 is 0 Å². The first kappa shape index (κ1) is 24.9. The van der Waals surface area contributed by atoms with Crippen molar-refractivity contribution in [3.8, 4) is 0 Å².